The summed E-state index contributed by atoms with van der Waals surface area (Å²) in [4.78, 5) is 34.8. The summed E-state index contributed by atoms with van der Waals surface area (Å²) in [5, 5.41) is 14.0. The number of ether oxygens (including phenoxy) is 1. The van der Waals surface area contributed by atoms with E-state index in [-0.39, 0.29) is 5.92 Å². The van der Waals surface area contributed by atoms with Crippen molar-refractivity contribution < 1.29 is 24.2 Å². The number of aliphatic carboxylic acids is 1. The smallest absolute Gasteiger partial charge is 0.326 e. The summed E-state index contributed by atoms with van der Waals surface area (Å²) in [5.74, 6) is -2.08. The number of nitrogens with one attached hydrogen (secondary N) is 2. The van der Waals surface area contributed by atoms with Crippen LogP contribution in [-0.2, 0) is 14.4 Å². The highest BCUT2D eigenvalue weighted by Crippen LogP contribution is 2.23. The van der Waals surface area contributed by atoms with Crippen molar-refractivity contribution >= 4 is 23.5 Å². The molecule has 7 nitrogen and oxygen atoms in total. The fraction of sp³-hybridized carbons (Fsp3) is 0.438. The van der Waals surface area contributed by atoms with Gasteiger partial charge in [0.05, 0.1) is 12.3 Å². The van der Waals surface area contributed by atoms with E-state index < -0.39 is 30.2 Å². The molecule has 23 heavy (non-hydrogen) atoms. The second-order valence-corrected chi connectivity index (χ2v) is 5.28. The highest BCUT2D eigenvalue weighted by molar-refractivity contribution is 6.04. The molecule has 7 heteroatoms. The zero-order valence-electron chi connectivity index (χ0n) is 13.5. The zero-order valence-corrected chi connectivity index (χ0v) is 13.5. The van der Waals surface area contributed by atoms with Crippen LogP contribution in [0.15, 0.2) is 24.3 Å². The van der Waals surface area contributed by atoms with Gasteiger partial charge in [-0.1, -0.05) is 26.0 Å². The molecule has 0 fully saturated rings. The molecule has 2 amide bonds. The van der Waals surface area contributed by atoms with Crippen molar-refractivity contribution in [1.82, 2.24) is 5.32 Å². The summed E-state index contributed by atoms with van der Waals surface area (Å²) < 4.78 is 5.38. The SMILES string of the molecule is CCOc1ccccc1NC(=O)CC(=O)N[C@H](C(=O)O)C(C)C. The van der Waals surface area contributed by atoms with Crippen molar-refractivity contribution in [3.63, 3.8) is 0 Å². The molecule has 1 aromatic carbocycles. The minimum Gasteiger partial charge on any atom is -0.492 e. The summed E-state index contributed by atoms with van der Waals surface area (Å²) in [6.45, 7) is 5.63. The predicted octanol–water partition coefficient (Wildman–Crippen LogP) is 1.64. The summed E-state index contributed by atoms with van der Waals surface area (Å²) in [5.41, 5.74) is 0.464. The van der Waals surface area contributed by atoms with Gasteiger partial charge in [0.1, 0.15) is 18.2 Å². The monoisotopic (exact) mass is 322 g/mol. The number of benzene rings is 1. The Kier molecular flexibility index (Phi) is 7.05. The average Bonchev–Trinajstić information content (AvgIpc) is 2.46. The van der Waals surface area contributed by atoms with Gasteiger partial charge >= 0.3 is 5.97 Å². The first-order valence-electron chi connectivity index (χ1n) is 7.39. The van der Waals surface area contributed by atoms with Crippen LogP contribution in [0.3, 0.4) is 0 Å². The molecule has 1 atom stereocenters. The number of para-hydroxylation sites is 2. The van der Waals surface area contributed by atoms with E-state index in [1.165, 1.54) is 0 Å². The molecule has 0 aliphatic heterocycles. The van der Waals surface area contributed by atoms with Crippen LogP contribution in [0.2, 0.25) is 0 Å². The number of carboxylic acid groups (broad SMARTS) is 1. The van der Waals surface area contributed by atoms with Crippen LogP contribution in [0, 0.1) is 5.92 Å². The molecule has 0 bridgehead atoms. The van der Waals surface area contributed by atoms with Crippen molar-refractivity contribution in [3.8, 4) is 5.75 Å². The normalized spacial score (nSPS) is 11.7. The van der Waals surface area contributed by atoms with Gasteiger partial charge < -0.3 is 20.5 Å². The number of carboxylic acids is 1. The van der Waals surface area contributed by atoms with Gasteiger partial charge in [-0.05, 0) is 25.0 Å². The van der Waals surface area contributed by atoms with Gasteiger partial charge in [-0.2, -0.15) is 0 Å². The van der Waals surface area contributed by atoms with Crippen molar-refractivity contribution in [2.75, 3.05) is 11.9 Å². The Morgan fingerprint density at radius 1 is 1.17 bits per heavy atom. The Morgan fingerprint density at radius 2 is 1.83 bits per heavy atom. The van der Waals surface area contributed by atoms with Gasteiger partial charge in [0.25, 0.3) is 0 Å². The molecule has 1 rings (SSSR count). The molecule has 126 valence electrons. The standard InChI is InChI=1S/C16H22N2O5/c1-4-23-12-8-6-5-7-11(12)17-13(19)9-14(20)18-15(10(2)3)16(21)22/h5-8,10,15H,4,9H2,1-3H3,(H,17,19)(H,18,20)(H,21,22)/t15-/m0/s1. The molecule has 0 saturated heterocycles. The quantitative estimate of drug-likeness (QED) is 0.631. The minimum absolute atomic E-state index is 0.279. The number of hydrogen-bond acceptors (Lipinski definition) is 4. The van der Waals surface area contributed by atoms with Crippen LogP contribution in [0.5, 0.6) is 5.75 Å². The maximum atomic E-state index is 11.9. The fourth-order valence-corrected chi connectivity index (χ4v) is 1.93. The Balaban J connectivity index is 2.63. The predicted molar refractivity (Wildman–Crippen MR) is 85.3 cm³/mol. The van der Waals surface area contributed by atoms with Crippen LogP contribution in [0.25, 0.3) is 0 Å². The van der Waals surface area contributed by atoms with Crippen LogP contribution in [0.4, 0.5) is 5.69 Å². The largest absolute Gasteiger partial charge is 0.492 e. The Labute approximate surface area is 135 Å². The molecule has 3 N–H and O–H groups in total. The lowest BCUT2D eigenvalue weighted by Crippen LogP contribution is -2.45. The fourth-order valence-electron chi connectivity index (χ4n) is 1.93. The van der Waals surface area contributed by atoms with Gasteiger partial charge in [-0.3, -0.25) is 9.59 Å². The van der Waals surface area contributed by atoms with Crippen LogP contribution in [0.1, 0.15) is 27.2 Å². The van der Waals surface area contributed by atoms with Crippen molar-refractivity contribution in [2.24, 2.45) is 5.92 Å². The molecule has 0 heterocycles. The first-order valence-corrected chi connectivity index (χ1v) is 7.39. The van der Waals surface area contributed by atoms with E-state index in [2.05, 4.69) is 10.6 Å². The third-order valence-electron chi connectivity index (χ3n) is 3.03. The van der Waals surface area contributed by atoms with E-state index in [9.17, 15) is 14.4 Å². The molecule has 0 saturated carbocycles. The van der Waals surface area contributed by atoms with Gasteiger partial charge in [0.15, 0.2) is 0 Å². The lowest BCUT2D eigenvalue weighted by atomic mass is 10.0. The second-order valence-electron chi connectivity index (χ2n) is 5.28. The molecule has 0 radical (unpaired) electrons. The third-order valence-corrected chi connectivity index (χ3v) is 3.03. The Morgan fingerprint density at radius 3 is 2.39 bits per heavy atom. The van der Waals surface area contributed by atoms with Gasteiger partial charge in [-0.25, -0.2) is 4.79 Å². The highest BCUT2D eigenvalue weighted by atomic mass is 16.5. The Bertz CT molecular complexity index is 571. The highest BCUT2D eigenvalue weighted by Gasteiger charge is 2.24. The third kappa shape index (κ3) is 5.98. The van der Waals surface area contributed by atoms with E-state index in [0.717, 1.165) is 0 Å². The van der Waals surface area contributed by atoms with Gasteiger partial charge in [0, 0.05) is 0 Å². The topological polar surface area (TPSA) is 105 Å². The summed E-state index contributed by atoms with van der Waals surface area (Å²) >= 11 is 0. The van der Waals surface area contributed by atoms with Crippen LogP contribution < -0.4 is 15.4 Å². The van der Waals surface area contributed by atoms with Crippen molar-refractivity contribution in [2.45, 2.75) is 33.2 Å². The average molecular weight is 322 g/mol. The number of rotatable bonds is 8. The van der Waals surface area contributed by atoms with Gasteiger partial charge in [-0.15, -0.1) is 0 Å². The number of carbonyl (C=O) groups is 3. The summed E-state index contributed by atoms with van der Waals surface area (Å²) in [6, 6.07) is 5.85. The molecule has 0 aromatic heterocycles. The number of amides is 2. The second kappa shape index (κ2) is 8.77. The maximum absolute atomic E-state index is 11.9. The first kappa shape index (κ1) is 18.5. The van der Waals surface area contributed by atoms with E-state index in [0.29, 0.717) is 18.0 Å². The summed E-state index contributed by atoms with van der Waals surface area (Å²) in [6.07, 6.45) is -0.461. The Hall–Kier alpha value is -2.57. The van der Waals surface area contributed by atoms with E-state index in [1.807, 2.05) is 6.92 Å². The molecule has 0 aliphatic rings. The molecule has 1 aromatic rings. The lowest BCUT2D eigenvalue weighted by Gasteiger charge is -2.17. The lowest BCUT2D eigenvalue weighted by molar-refractivity contribution is -0.143. The van der Waals surface area contributed by atoms with Crippen molar-refractivity contribution in [1.29, 1.82) is 0 Å². The van der Waals surface area contributed by atoms with E-state index in [4.69, 9.17) is 9.84 Å². The molecule has 0 unspecified atom stereocenters. The molecular weight excluding hydrogens is 300 g/mol. The molecule has 0 spiro atoms. The maximum Gasteiger partial charge on any atom is 0.326 e. The zero-order chi connectivity index (χ0) is 17.4. The molecule has 0 aliphatic carbocycles. The van der Waals surface area contributed by atoms with Crippen LogP contribution >= 0.6 is 0 Å². The molecular formula is C16H22N2O5. The van der Waals surface area contributed by atoms with Crippen LogP contribution in [-0.4, -0.2) is 35.5 Å². The number of carbonyl (C=O) groups excluding carboxylic acids is 2. The van der Waals surface area contributed by atoms with E-state index >= 15 is 0 Å². The van der Waals surface area contributed by atoms with Crippen molar-refractivity contribution in [3.05, 3.63) is 24.3 Å². The minimum atomic E-state index is -1.13. The number of hydrogen-bond donors (Lipinski definition) is 3. The number of anilines is 1. The first-order chi connectivity index (χ1) is 10.8. The van der Waals surface area contributed by atoms with Gasteiger partial charge in [0.2, 0.25) is 11.8 Å². The van der Waals surface area contributed by atoms with E-state index in [1.54, 1.807) is 38.1 Å². The summed E-state index contributed by atoms with van der Waals surface area (Å²) in [7, 11) is 0.